The van der Waals surface area contributed by atoms with Gasteiger partial charge in [-0.25, -0.2) is 0 Å². The van der Waals surface area contributed by atoms with E-state index >= 15 is 0 Å². The average molecular weight is 277 g/mol. The van der Waals surface area contributed by atoms with Crippen LogP contribution in [0.4, 0.5) is 0 Å². The highest BCUT2D eigenvalue weighted by molar-refractivity contribution is 5.94. The number of carbonyl (C=O) groups is 2. The van der Waals surface area contributed by atoms with Gasteiger partial charge in [0.2, 0.25) is 5.91 Å². The van der Waals surface area contributed by atoms with Gasteiger partial charge in [-0.05, 0) is 45.7 Å². The van der Waals surface area contributed by atoms with Gasteiger partial charge in [-0.1, -0.05) is 0 Å². The van der Waals surface area contributed by atoms with Gasteiger partial charge in [0.1, 0.15) is 0 Å². The summed E-state index contributed by atoms with van der Waals surface area (Å²) >= 11 is 0. The van der Waals surface area contributed by atoms with Gasteiger partial charge >= 0.3 is 0 Å². The van der Waals surface area contributed by atoms with E-state index < -0.39 is 5.54 Å². The van der Waals surface area contributed by atoms with E-state index in [1.807, 2.05) is 33.8 Å². The van der Waals surface area contributed by atoms with Crippen LogP contribution in [0.5, 0.6) is 0 Å². The van der Waals surface area contributed by atoms with E-state index in [0.29, 0.717) is 18.4 Å². The van der Waals surface area contributed by atoms with Gasteiger partial charge in [-0.2, -0.15) is 0 Å². The SMILES string of the molecule is CNC(=O)CCC(C)(C)NC(=O)c1cnc(C)c(C)c1. The zero-order valence-electron chi connectivity index (χ0n) is 12.8. The van der Waals surface area contributed by atoms with Crippen LogP contribution in [0, 0.1) is 13.8 Å². The summed E-state index contributed by atoms with van der Waals surface area (Å²) in [6, 6.07) is 1.83. The van der Waals surface area contributed by atoms with E-state index in [4.69, 9.17) is 0 Å². The zero-order valence-corrected chi connectivity index (χ0v) is 12.8. The van der Waals surface area contributed by atoms with Crippen LogP contribution in [0.3, 0.4) is 0 Å². The highest BCUT2D eigenvalue weighted by Crippen LogP contribution is 2.13. The summed E-state index contributed by atoms with van der Waals surface area (Å²) in [6.45, 7) is 7.64. The second-order valence-corrected chi connectivity index (χ2v) is 5.64. The molecule has 1 rings (SSSR count). The van der Waals surface area contributed by atoms with Gasteiger partial charge in [-0.15, -0.1) is 0 Å². The number of pyridine rings is 1. The molecule has 5 nitrogen and oxygen atoms in total. The van der Waals surface area contributed by atoms with Crippen LogP contribution >= 0.6 is 0 Å². The predicted octanol–water partition coefficient (Wildman–Crippen LogP) is 1.73. The number of aryl methyl sites for hydroxylation is 2. The summed E-state index contributed by atoms with van der Waals surface area (Å²) in [5.41, 5.74) is 2.00. The lowest BCUT2D eigenvalue weighted by Gasteiger charge is -2.26. The van der Waals surface area contributed by atoms with Crippen LogP contribution in [-0.2, 0) is 4.79 Å². The Balaban J connectivity index is 2.68. The molecule has 0 atom stereocenters. The maximum atomic E-state index is 12.2. The third kappa shape index (κ3) is 4.64. The summed E-state index contributed by atoms with van der Waals surface area (Å²) < 4.78 is 0. The minimum absolute atomic E-state index is 0.0276. The van der Waals surface area contributed by atoms with Crippen molar-refractivity contribution in [1.82, 2.24) is 15.6 Å². The first-order valence-corrected chi connectivity index (χ1v) is 6.71. The molecule has 20 heavy (non-hydrogen) atoms. The summed E-state index contributed by atoms with van der Waals surface area (Å²) in [5.74, 6) is -0.192. The molecule has 0 aromatic carbocycles. The van der Waals surface area contributed by atoms with Gasteiger partial charge in [-0.3, -0.25) is 14.6 Å². The van der Waals surface area contributed by atoms with Crippen molar-refractivity contribution in [1.29, 1.82) is 0 Å². The number of hydrogen-bond donors (Lipinski definition) is 2. The minimum Gasteiger partial charge on any atom is -0.359 e. The third-order valence-corrected chi connectivity index (χ3v) is 3.31. The fraction of sp³-hybridized carbons (Fsp3) is 0.533. The Labute approximate surface area is 120 Å². The number of amides is 2. The summed E-state index contributed by atoms with van der Waals surface area (Å²) in [7, 11) is 1.61. The Bertz CT molecular complexity index is 510. The number of aromatic nitrogens is 1. The fourth-order valence-electron chi connectivity index (χ4n) is 1.76. The van der Waals surface area contributed by atoms with Crippen LogP contribution < -0.4 is 10.6 Å². The minimum atomic E-state index is -0.442. The summed E-state index contributed by atoms with van der Waals surface area (Å²) in [4.78, 5) is 27.6. The van der Waals surface area contributed by atoms with E-state index in [2.05, 4.69) is 15.6 Å². The van der Waals surface area contributed by atoms with Crippen LogP contribution in [0.2, 0.25) is 0 Å². The van der Waals surface area contributed by atoms with Gasteiger partial charge in [0.25, 0.3) is 5.91 Å². The molecule has 0 bridgehead atoms. The molecule has 2 amide bonds. The summed E-state index contributed by atoms with van der Waals surface area (Å²) in [5, 5.41) is 5.51. The summed E-state index contributed by atoms with van der Waals surface area (Å²) in [6.07, 6.45) is 2.54. The quantitative estimate of drug-likeness (QED) is 0.861. The number of nitrogens with zero attached hydrogens (tertiary/aromatic N) is 1. The fourth-order valence-corrected chi connectivity index (χ4v) is 1.76. The number of hydrogen-bond acceptors (Lipinski definition) is 3. The van der Waals surface area contributed by atoms with Crippen LogP contribution in [0.25, 0.3) is 0 Å². The zero-order chi connectivity index (χ0) is 15.3. The molecule has 110 valence electrons. The van der Waals surface area contributed by atoms with Gasteiger partial charge in [0.15, 0.2) is 0 Å². The Kier molecular flexibility index (Phi) is 5.25. The largest absolute Gasteiger partial charge is 0.359 e. The smallest absolute Gasteiger partial charge is 0.253 e. The van der Waals surface area contributed by atoms with Crippen LogP contribution in [0.1, 0.15) is 48.3 Å². The highest BCUT2D eigenvalue weighted by atomic mass is 16.2. The first-order chi connectivity index (χ1) is 9.25. The molecule has 0 fully saturated rings. The topological polar surface area (TPSA) is 71.1 Å². The molecule has 0 aliphatic carbocycles. The van der Waals surface area contributed by atoms with E-state index in [0.717, 1.165) is 11.3 Å². The maximum Gasteiger partial charge on any atom is 0.253 e. The predicted molar refractivity (Wildman–Crippen MR) is 78.6 cm³/mol. The molecular formula is C15H23N3O2. The van der Waals surface area contributed by atoms with Crippen molar-refractivity contribution < 1.29 is 9.59 Å². The molecule has 1 aromatic heterocycles. The van der Waals surface area contributed by atoms with Crippen molar-refractivity contribution >= 4 is 11.8 Å². The van der Waals surface area contributed by atoms with E-state index in [1.54, 1.807) is 13.2 Å². The van der Waals surface area contributed by atoms with E-state index in [9.17, 15) is 9.59 Å². The van der Waals surface area contributed by atoms with Crippen molar-refractivity contribution in [3.8, 4) is 0 Å². The monoisotopic (exact) mass is 277 g/mol. The normalized spacial score (nSPS) is 11.1. The first-order valence-electron chi connectivity index (χ1n) is 6.71. The Morgan fingerprint density at radius 1 is 1.30 bits per heavy atom. The molecule has 0 spiro atoms. The van der Waals surface area contributed by atoms with E-state index in [1.165, 1.54) is 0 Å². The second-order valence-electron chi connectivity index (χ2n) is 5.64. The van der Waals surface area contributed by atoms with Gasteiger partial charge in [0.05, 0.1) is 5.56 Å². The number of carbonyl (C=O) groups excluding carboxylic acids is 2. The third-order valence-electron chi connectivity index (χ3n) is 3.31. The molecule has 0 aliphatic rings. The lowest BCUT2D eigenvalue weighted by molar-refractivity contribution is -0.121. The van der Waals surface area contributed by atoms with Crippen molar-refractivity contribution in [2.45, 2.75) is 46.1 Å². The molecule has 1 heterocycles. The molecule has 1 aromatic rings. The molecule has 0 saturated carbocycles. The number of rotatable bonds is 5. The van der Waals surface area contributed by atoms with Crippen molar-refractivity contribution in [3.05, 3.63) is 29.1 Å². The van der Waals surface area contributed by atoms with Crippen molar-refractivity contribution in [2.75, 3.05) is 7.05 Å². The Morgan fingerprint density at radius 3 is 2.50 bits per heavy atom. The Morgan fingerprint density at radius 2 is 1.95 bits per heavy atom. The molecule has 5 heteroatoms. The lowest BCUT2D eigenvalue weighted by atomic mass is 9.97. The molecule has 0 saturated heterocycles. The lowest BCUT2D eigenvalue weighted by Crippen LogP contribution is -2.44. The molecule has 2 N–H and O–H groups in total. The molecule has 0 aliphatic heterocycles. The Hall–Kier alpha value is -1.91. The molecular weight excluding hydrogens is 254 g/mol. The van der Waals surface area contributed by atoms with Crippen molar-refractivity contribution in [2.24, 2.45) is 0 Å². The molecule has 0 radical (unpaired) electrons. The second kappa shape index (κ2) is 6.50. The number of nitrogens with one attached hydrogen (secondary N) is 2. The highest BCUT2D eigenvalue weighted by Gasteiger charge is 2.22. The van der Waals surface area contributed by atoms with Crippen LogP contribution in [-0.4, -0.2) is 29.4 Å². The first kappa shape index (κ1) is 16.1. The standard InChI is InChI=1S/C15H23N3O2/c1-10-8-12(9-17-11(10)2)14(20)18-15(3,4)7-6-13(19)16-5/h8-9H,6-7H2,1-5H3,(H,16,19)(H,18,20). The van der Waals surface area contributed by atoms with E-state index in [-0.39, 0.29) is 11.8 Å². The van der Waals surface area contributed by atoms with Crippen molar-refractivity contribution in [3.63, 3.8) is 0 Å². The van der Waals surface area contributed by atoms with Gasteiger partial charge in [0, 0.05) is 30.9 Å². The average Bonchev–Trinajstić information content (AvgIpc) is 2.38. The molecule has 0 unspecified atom stereocenters. The van der Waals surface area contributed by atoms with Gasteiger partial charge < -0.3 is 10.6 Å². The maximum absolute atomic E-state index is 12.2. The van der Waals surface area contributed by atoms with Crippen LogP contribution in [0.15, 0.2) is 12.3 Å².